The summed E-state index contributed by atoms with van der Waals surface area (Å²) in [7, 11) is 0. The summed E-state index contributed by atoms with van der Waals surface area (Å²) in [4.78, 5) is 34.7. The minimum absolute atomic E-state index is 0.0653. The molecule has 2 N–H and O–H groups in total. The van der Waals surface area contributed by atoms with Crippen molar-refractivity contribution in [2.24, 2.45) is 5.92 Å². The van der Waals surface area contributed by atoms with Gasteiger partial charge in [0.2, 0.25) is 5.91 Å². The van der Waals surface area contributed by atoms with Crippen LogP contribution in [0.3, 0.4) is 0 Å². The van der Waals surface area contributed by atoms with Gasteiger partial charge in [-0.1, -0.05) is 25.1 Å². The van der Waals surface area contributed by atoms with E-state index in [1.165, 1.54) is 5.01 Å². The van der Waals surface area contributed by atoms with E-state index >= 15 is 0 Å². The molecule has 1 aliphatic rings. The van der Waals surface area contributed by atoms with E-state index in [1.807, 2.05) is 12.1 Å². The van der Waals surface area contributed by atoms with Gasteiger partial charge >= 0.3 is 5.97 Å². The fraction of sp³-hybridized carbons (Fsp3) is 0.400. The number of hydrogen-bond donors (Lipinski definition) is 2. The van der Waals surface area contributed by atoms with Crippen molar-refractivity contribution >= 4 is 17.8 Å². The van der Waals surface area contributed by atoms with Crippen molar-refractivity contribution in [3.05, 3.63) is 35.4 Å². The van der Waals surface area contributed by atoms with Crippen LogP contribution >= 0.6 is 0 Å². The van der Waals surface area contributed by atoms with Crippen molar-refractivity contribution in [3.8, 4) is 0 Å². The van der Waals surface area contributed by atoms with Gasteiger partial charge in [-0.2, -0.15) is 0 Å². The van der Waals surface area contributed by atoms with Crippen molar-refractivity contribution in [3.63, 3.8) is 0 Å². The number of fused-ring (bicyclic) bond motifs is 1. The summed E-state index contributed by atoms with van der Waals surface area (Å²) < 4.78 is 0. The summed E-state index contributed by atoms with van der Waals surface area (Å²) in [5, 5.41) is 9.98. The van der Waals surface area contributed by atoms with Gasteiger partial charge in [-0.05, 0) is 24.0 Å². The minimum atomic E-state index is -0.932. The highest BCUT2D eigenvalue weighted by atomic mass is 16.4. The number of aliphatic carboxylic acids is 1. The lowest BCUT2D eigenvalue weighted by molar-refractivity contribution is -0.138. The third kappa shape index (κ3) is 3.81. The van der Waals surface area contributed by atoms with Crippen LogP contribution in [0.1, 0.15) is 35.7 Å². The van der Waals surface area contributed by atoms with E-state index in [0.29, 0.717) is 18.5 Å². The fourth-order valence-corrected chi connectivity index (χ4v) is 2.42. The van der Waals surface area contributed by atoms with Gasteiger partial charge in [0.15, 0.2) is 0 Å². The van der Waals surface area contributed by atoms with E-state index in [1.54, 1.807) is 19.1 Å². The van der Waals surface area contributed by atoms with Crippen LogP contribution in [-0.4, -0.2) is 34.4 Å². The maximum absolute atomic E-state index is 12.2. The van der Waals surface area contributed by atoms with Crippen LogP contribution in [0.2, 0.25) is 0 Å². The lowest BCUT2D eigenvalue weighted by Crippen LogP contribution is -2.49. The van der Waals surface area contributed by atoms with Gasteiger partial charge in [-0.3, -0.25) is 19.8 Å². The van der Waals surface area contributed by atoms with Gasteiger partial charge in [0.05, 0.1) is 0 Å². The van der Waals surface area contributed by atoms with E-state index in [2.05, 4.69) is 5.43 Å². The van der Waals surface area contributed by atoms with Gasteiger partial charge in [0, 0.05) is 24.9 Å². The molecule has 0 radical (unpaired) electrons. The number of nitrogens with one attached hydrogen (secondary N) is 1. The average Bonchev–Trinajstić information content (AvgIpc) is 2.41. The third-order valence-electron chi connectivity index (χ3n) is 3.41. The van der Waals surface area contributed by atoms with E-state index < -0.39 is 5.97 Å². The number of rotatable bonds is 5. The van der Waals surface area contributed by atoms with Crippen molar-refractivity contribution in [2.75, 3.05) is 6.54 Å². The summed E-state index contributed by atoms with van der Waals surface area (Å²) in [6, 6.07) is 7.31. The highest BCUT2D eigenvalue weighted by Crippen LogP contribution is 2.17. The first-order valence-electron chi connectivity index (χ1n) is 6.88. The number of carbonyl (C=O) groups excluding carboxylic acids is 2. The zero-order chi connectivity index (χ0) is 15.4. The lowest BCUT2D eigenvalue weighted by Gasteiger charge is -2.29. The van der Waals surface area contributed by atoms with Crippen LogP contribution in [0, 0.1) is 5.92 Å². The number of amides is 2. The Morgan fingerprint density at radius 3 is 2.76 bits per heavy atom. The molecule has 6 heteroatoms. The Morgan fingerprint density at radius 2 is 2.05 bits per heavy atom. The molecule has 0 aliphatic carbocycles. The molecule has 1 aromatic carbocycles. The van der Waals surface area contributed by atoms with Gasteiger partial charge in [0.1, 0.15) is 0 Å². The average molecular weight is 290 g/mol. The van der Waals surface area contributed by atoms with Gasteiger partial charge in [0.25, 0.3) is 5.91 Å². The molecular formula is C15H18N2O4. The highest BCUT2D eigenvalue weighted by Gasteiger charge is 2.25. The van der Waals surface area contributed by atoms with Crippen molar-refractivity contribution < 1.29 is 19.5 Å². The SMILES string of the molecule is CC(CC(=O)O)CC(=O)NN1CCc2ccccc2C1=O. The summed E-state index contributed by atoms with van der Waals surface area (Å²) in [5.74, 6) is -1.76. The second-order valence-corrected chi connectivity index (χ2v) is 5.31. The quantitative estimate of drug-likeness (QED) is 0.853. The number of carboxylic acids is 1. The van der Waals surface area contributed by atoms with Crippen LogP contribution in [-0.2, 0) is 16.0 Å². The molecule has 0 spiro atoms. The molecule has 6 nitrogen and oxygen atoms in total. The molecule has 2 amide bonds. The number of carboxylic acid groups (broad SMARTS) is 1. The Bertz CT molecular complexity index is 571. The molecule has 1 unspecified atom stereocenters. The zero-order valence-corrected chi connectivity index (χ0v) is 11.8. The van der Waals surface area contributed by atoms with Crippen molar-refractivity contribution in [1.82, 2.24) is 10.4 Å². The zero-order valence-electron chi connectivity index (χ0n) is 11.8. The second-order valence-electron chi connectivity index (χ2n) is 5.31. The first-order valence-corrected chi connectivity index (χ1v) is 6.88. The van der Waals surface area contributed by atoms with Gasteiger partial charge in [-0.25, -0.2) is 5.01 Å². The molecule has 2 rings (SSSR count). The number of hydrogen-bond acceptors (Lipinski definition) is 3. The predicted octanol–water partition coefficient (Wildman–Crippen LogP) is 1.22. The van der Waals surface area contributed by atoms with Crippen LogP contribution in [0.5, 0.6) is 0 Å². The Labute approximate surface area is 122 Å². The fourth-order valence-electron chi connectivity index (χ4n) is 2.42. The highest BCUT2D eigenvalue weighted by molar-refractivity contribution is 5.97. The van der Waals surface area contributed by atoms with E-state index in [0.717, 1.165) is 5.56 Å². The maximum Gasteiger partial charge on any atom is 0.303 e. The molecule has 0 bridgehead atoms. The van der Waals surface area contributed by atoms with Crippen LogP contribution in [0.25, 0.3) is 0 Å². The van der Waals surface area contributed by atoms with Gasteiger partial charge in [-0.15, -0.1) is 0 Å². The summed E-state index contributed by atoms with van der Waals surface area (Å²) in [6.45, 7) is 2.12. The Morgan fingerprint density at radius 1 is 1.33 bits per heavy atom. The second kappa shape index (κ2) is 6.39. The van der Waals surface area contributed by atoms with Crippen molar-refractivity contribution in [2.45, 2.75) is 26.2 Å². The third-order valence-corrected chi connectivity index (χ3v) is 3.41. The molecule has 0 saturated heterocycles. The number of hydrazine groups is 1. The lowest BCUT2D eigenvalue weighted by atomic mass is 10.0. The topological polar surface area (TPSA) is 86.7 Å². The van der Waals surface area contributed by atoms with Crippen LogP contribution in [0.15, 0.2) is 24.3 Å². The standard InChI is InChI=1S/C15H18N2O4/c1-10(9-14(19)20)8-13(18)16-17-7-6-11-4-2-3-5-12(11)15(17)21/h2-5,10H,6-9H2,1H3,(H,16,18)(H,19,20). The first-order chi connectivity index (χ1) is 9.97. The molecule has 21 heavy (non-hydrogen) atoms. The Hall–Kier alpha value is -2.37. The van der Waals surface area contributed by atoms with E-state index in [-0.39, 0.29) is 30.6 Å². The molecule has 1 atom stereocenters. The first kappa shape index (κ1) is 15.0. The molecule has 112 valence electrons. The largest absolute Gasteiger partial charge is 0.481 e. The Kier molecular flexibility index (Phi) is 4.57. The molecule has 1 aliphatic heterocycles. The predicted molar refractivity (Wildman–Crippen MR) is 75.4 cm³/mol. The normalized spacial score (nSPS) is 15.3. The van der Waals surface area contributed by atoms with E-state index in [4.69, 9.17) is 5.11 Å². The smallest absolute Gasteiger partial charge is 0.303 e. The molecule has 1 aromatic rings. The summed E-state index contributed by atoms with van der Waals surface area (Å²) >= 11 is 0. The van der Waals surface area contributed by atoms with Crippen molar-refractivity contribution in [1.29, 1.82) is 0 Å². The Balaban J connectivity index is 1.94. The summed E-state index contributed by atoms with van der Waals surface area (Å²) in [5.41, 5.74) is 4.14. The molecular weight excluding hydrogens is 272 g/mol. The molecule has 1 heterocycles. The minimum Gasteiger partial charge on any atom is -0.481 e. The van der Waals surface area contributed by atoms with Gasteiger partial charge < -0.3 is 5.11 Å². The monoisotopic (exact) mass is 290 g/mol. The number of carbonyl (C=O) groups is 3. The van der Waals surface area contributed by atoms with E-state index in [9.17, 15) is 14.4 Å². The van der Waals surface area contributed by atoms with Crippen LogP contribution < -0.4 is 5.43 Å². The summed E-state index contributed by atoms with van der Waals surface area (Å²) in [6.07, 6.45) is 0.703. The number of benzene rings is 1. The molecule has 0 aromatic heterocycles. The van der Waals surface area contributed by atoms with Crippen LogP contribution in [0.4, 0.5) is 0 Å². The maximum atomic E-state index is 12.2. The molecule has 0 fully saturated rings. The number of nitrogens with zero attached hydrogens (tertiary/aromatic N) is 1. The molecule has 0 saturated carbocycles.